The molecule has 1 heterocycles. The molecule has 1 aromatic rings. The van der Waals surface area contributed by atoms with Gasteiger partial charge in [0.15, 0.2) is 5.96 Å². The molecule has 1 amide bonds. The van der Waals surface area contributed by atoms with Crippen molar-refractivity contribution in [2.75, 3.05) is 60.5 Å². The molecule has 1 aromatic carbocycles. The molecule has 0 radical (unpaired) electrons. The largest absolute Gasteiger partial charge is 0.383 e. The molecule has 0 aromatic heterocycles. The van der Waals surface area contributed by atoms with E-state index in [-0.39, 0.29) is 5.91 Å². The average molecular weight is 390 g/mol. The molecular weight excluding hydrogens is 354 g/mol. The van der Waals surface area contributed by atoms with Crippen LogP contribution in [0.3, 0.4) is 0 Å². The molecule has 0 unspecified atom stereocenters. The van der Waals surface area contributed by atoms with Crippen LogP contribution in [0.4, 0.5) is 0 Å². The van der Waals surface area contributed by atoms with Crippen molar-refractivity contribution in [2.24, 2.45) is 10.9 Å². The van der Waals surface area contributed by atoms with Crippen LogP contribution in [0.15, 0.2) is 29.3 Å². The Kier molecular flexibility index (Phi) is 9.79. The first-order chi connectivity index (χ1) is 13.7. The fourth-order valence-electron chi connectivity index (χ4n) is 3.43. The molecule has 7 heteroatoms. The molecule has 1 aliphatic heterocycles. The molecular formula is C21H35N5O2. The Morgan fingerprint density at radius 2 is 2.07 bits per heavy atom. The fourth-order valence-corrected chi connectivity index (χ4v) is 3.43. The molecule has 7 nitrogen and oxygen atoms in total. The number of nitrogens with one attached hydrogen (secondary N) is 3. The van der Waals surface area contributed by atoms with Crippen LogP contribution in [0.5, 0.6) is 0 Å². The Hall–Kier alpha value is -2.12. The lowest BCUT2D eigenvalue weighted by atomic mass is 9.97. The predicted octanol–water partition coefficient (Wildman–Crippen LogP) is 1.11. The van der Waals surface area contributed by atoms with Gasteiger partial charge in [-0.15, -0.1) is 0 Å². The third-order valence-corrected chi connectivity index (χ3v) is 5.22. The minimum Gasteiger partial charge on any atom is -0.383 e. The van der Waals surface area contributed by atoms with Gasteiger partial charge >= 0.3 is 0 Å². The molecule has 3 N–H and O–H groups in total. The molecule has 2 rings (SSSR count). The Morgan fingerprint density at radius 3 is 2.75 bits per heavy atom. The predicted molar refractivity (Wildman–Crippen MR) is 114 cm³/mol. The first-order valence-electron chi connectivity index (χ1n) is 10.1. The van der Waals surface area contributed by atoms with E-state index in [4.69, 9.17) is 4.74 Å². The maximum atomic E-state index is 11.7. The van der Waals surface area contributed by atoms with Crippen LogP contribution in [-0.4, -0.2) is 77.3 Å². The monoisotopic (exact) mass is 389 g/mol. The van der Waals surface area contributed by atoms with Crippen LogP contribution in [-0.2, 0) is 11.2 Å². The van der Waals surface area contributed by atoms with E-state index in [2.05, 4.69) is 25.8 Å². The zero-order valence-corrected chi connectivity index (χ0v) is 17.5. The number of rotatable bonds is 9. The second kappa shape index (κ2) is 12.4. The van der Waals surface area contributed by atoms with Crippen LogP contribution < -0.4 is 16.0 Å². The first-order valence-corrected chi connectivity index (χ1v) is 10.1. The summed E-state index contributed by atoms with van der Waals surface area (Å²) in [5.41, 5.74) is 1.83. The highest BCUT2D eigenvalue weighted by Crippen LogP contribution is 2.15. The Balaban J connectivity index is 1.67. The molecule has 1 aliphatic rings. The van der Waals surface area contributed by atoms with Crippen molar-refractivity contribution in [3.63, 3.8) is 0 Å². The molecule has 0 spiro atoms. The molecule has 1 fully saturated rings. The molecule has 0 aliphatic carbocycles. The van der Waals surface area contributed by atoms with Gasteiger partial charge in [-0.25, -0.2) is 0 Å². The van der Waals surface area contributed by atoms with Gasteiger partial charge < -0.3 is 25.6 Å². The first kappa shape index (κ1) is 22.2. The lowest BCUT2D eigenvalue weighted by Gasteiger charge is -2.32. The highest BCUT2D eigenvalue weighted by molar-refractivity contribution is 5.94. The zero-order valence-electron chi connectivity index (χ0n) is 17.5. The van der Waals surface area contributed by atoms with Crippen molar-refractivity contribution in [3.8, 4) is 0 Å². The standard InChI is InChI=1S/C21H35N5O2/c1-22-20(27)19-6-4-5-17(15-19)7-10-24-21(23-2)25-16-18-8-11-26(12-9-18)13-14-28-3/h4-6,15,18H,7-14,16H2,1-3H3,(H,22,27)(H2,23,24,25). The van der Waals surface area contributed by atoms with E-state index >= 15 is 0 Å². The summed E-state index contributed by atoms with van der Waals surface area (Å²) in [7, 11) is 5.21. The van der Waals surface area contributed by atoms with Gasteiger partial charge in [-0.2, -0.15) is 0 Å². The maximum Gasteiger partial charge on any atom is 0.251 e. The van der Waals surface area contributed by atoms with Crippen LogP contribution in [0, 0.1) is 5.92 Å². The smallest absolute Gasteiger partial charge is 0.251 e. The van der Waals surface area contributed by atoms with E-state index in [1.165, 1.54) is 12.8 Å². The zero-order chi connectivity index (χ0) is 20.2. The van der Waals surface area contributed by atoms with Gasteiger partial charge in [-0.3, -0.25) is 9.79 Å². The number of carbonyl (C=O) groups is 1. The van der Waals surface area contributed by atoms with Gasteiger partial charge in [0.05, 0.1) is 6.61 Å². The molecule has 28 heavy (non-hydrogen) atoms. The Bertz CT molecular complexity index is 627. The number of guanidine groups is 1. The van der Waals surface area contributed by atoms with E-state index in [1.54, 1.807) is 21.2 Å². The van der Waals surface area contributed by atoms with E-state index in [0.717, 1.165) is 57.3 Å². The number of benzene rings is 1. The summed E-state index contributed by atoms with van der Waals surface area (Å²) >= 11 is 0. The number of carbonyl (C=O) groups excluding carboxylic acids is 1. The van der Waals surface area contributed by atoms with E-state index in [9.17, 15) is 4.79 Å². The highest BCUT2D eigenvalue weighted by atomic mass is 16.5. The van der Waals surface area contributed by atoms with Gasteiger partial charge in [0, 0.05) is 46.4 Å². The number of piperidine rings is 1. The second-order valence-corrected chi connectivity index (χ2v) is 7.19. The number of aliphatic imine (C=N–C) groups is 1. The van der Waals surface area contributed by atoms with E-state index in [0.29, 0.717) is 11.5 Å². The lowest BCUT2D eigenvalue weighted by molar-refractivity contribution is 0.0963. The molecule has 0 atom stereocenters. The number of likely N-dealkylation sites (tertiary alicyclic amines) is 1. The van der Waals surface area contributed by atoms with Gasteiger partial charge in [0.25, 0.3) is 5.91 Å². The summed E-state index contributed by atoms with van der Waals surface area (Å²) in [4.78, 5) is 18.5. The summed E-state index contributed by atoms with van der Waals surface area (Å²) < 4.78 is 5.16. The van der Waals surface area contributed by atoms with Crippen LogP contribution in [0.1, 0.15) is 28.8 Å². The number of nitrogens with zero attached hydrogens (tertiary/aromatic N) is 2. The SMILES string of the molecule is CN=C(NCCc1cccc(C(=O)NC)c1)NCC1CCN(CCOC)CC1. The van der Waals surface area contributed by atoms with Gasteiger partial charge in [0.1, 0.15) is 0 Å². The van der Waals surface area contributed by atoms with Crippen LogP contribution >= 0.6 is 0 Å². The third kappa shape index (κ3) is 7.48. The Labute approximate surface area is 168 Å². The Morgan fingerprint density at radius 1 is 1.29 bits per heavy atom. The summed E-state index contributed by atoms with van der Waals surface area (Å²) in [6, 6.07) is 7.73. The fraction of sp³-hybridized carbons (Fsp3) is 0.619. The summed E-state index contributed by atoms with van der Waals surface area (Å²) in [5, 5.41) is 9.48. The molecule has 0 bridgehead atoms. The quantitative estimate of drug-likeness (QED) is 0.436. The topological polar surface area (TPSA) is 78.0 Å². The average Bonchev–Trinajstić information content (AvgIpc) is 2.75. The minimum absolute atomic E-state index is 0.0550. The number of hydrogen-bond acceptors (Lipinski definition) is 4. The second-order valence-electron chi connectivity index (χ2n) is 7.19. The lowest BCUT2D eigenvalue weighted by Crippen LogP contribution is -2.43. The number of amides is 1. The maximum absolute atomic E-state index is 11.7. The van der Waals surface area contributed by atoms with Crippen molar-refractivity contribution in [3.05, 3.63) is 35.4 Å². The van der Waals surface area contributed by atoms with Gasteiger partial charge in [-0.05, 0) is 56.0 Å². The van der Waals surface area contributed by atoms with Gasteiger partial charge in [-0.1, -0.05) is 12.1 Å². The van der Waals surface area contributed by atoms with Crippen molar-refractivity contribution in [1.29, 1.82) is 0 Å². The van der Waals surface area contributed by atoms with Crippen molar-refractivity contribution >= 4 is 11.9 Å². The van der Waals surface area contributed by atoms with Crippen molar-refractivity contribution in [1.82, 2.24) is 20.9 Å². The highest BCUT2D eigenvalue weighted by Gasteiger charge is 2.18. The molecule has 0 saturated carbocycles. The third-order valence-electron chi connectivity index (χ3n) is 5.22. The van der Waals surface area contributed by atoms with E-state index < -0.39 is 0 Å². The minimum atomic E-state index is -0.0550. The summed E-state index contributed by atoms with van der Waals surface area (Å²) in [6.45, 7) is 5.84. The van der Waals surface area contributed by atoms with Crippen molar-refractivity contribution in [2.45, 2.75) is 19.3 Å². The normalized spacial score (nSPS) is 16.0. The van der Waals surface area contributed by atoms with Crippen LogP contribution in [0.2, 0.25) is 0 Å². The number of methoxy groups -OCH3 is 1. The van der Waals surface area contributed by atoms with E-state index in [1.807, 2.05) is 24.3 Å². The summed E-state index contributed by atoms with van der Waals surface area (Å²) in [5.74, 6) is 1.46. The number of ether oxygens (including phenoxy) is 1. The molecule has 156 valence electrons. The summed E-state index contributed by atoms with van der Waals surface area (Å²) in [6.07, 6.45) is 3.25. The molecule has 1 saturated heterocycles. The van der Waals surface area contributed by atoms with Gasteiger partial charge in [0.2, 0.25) is 0 Å². The number of hydrogen-bond donors (Lipinski definition) is 3. The van der Waals surface area contributed by atoms with Crippen molar-refractivity contribution < 1.29 is 9.53 Å². The van der Waals surface area contributed by atoms with Crippen LogP contribution in [0.25, 0.3) is 0 Å².